The van der Waals surface area contributed by atoms with E-state index in [1.54, 1.807) is 0 Å². The Morgan fingerprint density at radius 1 is 1.09 bits per heavy atom. The van der Waals surface area contributed by atoms with Crippen LogP contribution in [0.1, 0.15) is 43.2 Å². The van der Waals surface area contributed by atoms with Gasteiger partial charge in [-0.15, -0.1) is 0 Å². The fourth-order valence-electron chi connectivity index (χ4n) is 5.14. The molecule has 2 aliphatic heterocycles. The predicted octanol–water partition coefficient (Wildman–Crippen LogP) is 4.84. The number of hydrogen-bond acceptors (Lipinski definition) is 4. The van der Waals surface area contributed by atoms with Crippen LogP contribution in [0, 0.1) is 12.8 Å². The fraction of sp³-hybridized carbons (Fsp3) is 0.536. The van der Waals surface area contributed by atoms with E-state index in [-0.39, 0.29) is 17.9 Å². The van der Waals surface area contributed by atoms with Crippen molar-refractivity contribution in [3.8, 4) is 5.75 Å². The summed E-state index contributed by atoms with van der Waals surface area (Å²) >= 11 is 6.52. The molecule has 2 aromatic rings. The summed E-state index contributed by atoms with van der Waals surface area (Å²) in [6.45, 7) is 6.93. The lowest BCUT2D eigenvalue weighted by Crippen LogP contribution is -2.46. The lowest BCUT2D eigenvalue weighted by atomic mass is 10.0. The molecule has 1 aliphatic carbocycles. The summed E-state index contributed by atoms with van der Waals surface area (Å²) in [7, 11) is 0. The van der Waals surface area contributed by atoms with Crippen molar-refractivity contribution in [2.24, 2.45) is 5.92 Å². The summed E-state index contributed by atoms with van der Waals surface area (Å²) in [6.07, 6.45) is 6.72. The zero-order chi connectivity index (χ0) is 23.5. The van der Waals surface area contributed by atoms with Crippen LogP contribution in [0.3, 0.4) is 0 Å². The summed E-state index contributed by atoms with van der Waals surface area (Å²) in [5.41, 5.74) is 3.61. The average Bonchev–Trinajstić information content (AvgIpc) is 3.26. The Hall–Kier alpha value is -2.24. The van der Waals surface area contributed by atoms with Crippen LogP contribution in [-0.2, 0) is 11.2 Å². The van der Waals surface area contributed by atoms with Crippen LogP contribution < -0.4 is 15.0 Å². The molecule has 1 unspecified atom stereocenters. The van der Waals surface area contributed by atoms with Gasteiger partial charge in [-0.05, 0) is 88.4 Å². The molecule has 0 spiro atoms. The first-order valence-electron chi connectivity index (χ1n) is 12.8. The molecule has 182 valence electrons. The topological polar surface area (TPSA) is 44.8 Å². The van der Waals surface area contributed by atoms with E-state index in [4.69, 9.17) is 16.3 Å². The van der Waals surface area contributed by atoms with Crippen molar-refractivity contribution >= 4 is 23.2 Å². The Morgan fingerprint density at radius 3 is 2.56 bits per heavy atom. The molecule has 6 heteroatoms. The number of aryl methyl sites for hydroxylation is 1. The predicted molar refractivity (Wildman–Crippen MR) is 138 cm³/mol. The Morgan fingerprint density at radius 2 is 1.85 bits per heavy atom. The third-order valence-corrected chi connectivity index (χ3v) is 7.57. The van der Waals surface area contributed by atoms with Crippen molar-refractivity contribution < 1.29 is 9.53 Å². The van der Waals surface area contributed by atoms with Gasteiger partial charge in [-0.3, -0.25) is 4.79 Å². The molecule has 0 bridgehead atoms. The minimum Gasteiger partial charge on any atom is -0.489 e. The van der Waals surface area contributed by atoms with E-state index in [0.29, 0.717) is 11.1 Å². The number of nitrogens with one attached hydrogen (secondary N) is 1. The molecule has 5 nitrogen and oxygen atoms in total. The number of carbonyl (C=O) groups excluding carboxylic acids is 1. The van der Waals surface area contributed by atoms with Gasteiger partial charge >= 0.3 is 0 Å². The lowest BCUT2D eigenvalue weighted by Gasteiger charge is -2.26. The molecule has 2 aromatic carbocycles. The van der Waals surface area contributed by atoms with E-state index in [2.05, 4.69) is 52.4 Å². The highest BCUT2D eigenvalue weighted by atomic mass is 35.5. The molecular formula is C28H36ClN3O2. The van der Waals surface area contributed by atoms with Crippen LogP contribution in [0.25, 0.3) is 0 Å². The van der Waals surface area contributed by atoms with E-state index in [9.17, 15) is 4.79 Å². The largest absolute Gasteiger partial charge is 0.489 e. The highest BCUT2D eigenvalue weighted by molar-refractivity contribution is 6.32. The highest BCUT2D eigenvalue weighted by Gasteiger charge is 2.30. The van der Waals surface area contributed by atoms with Gasteiger partial charge in [0.15, 0.2) is 0 Å². The third kappa shape index (κ3) is 6.05. The average molecular weight is 482 g/mol. The number of likely N-dealkylation sites (tertiary alicyclic amines) is 1. The number of carbonyl (C=O) groups is 1. The SMILES string of the molecule is Cc1ccc(N2CC[C@@H](C(=O)NC(Cc3ccc(OC4CC4)c(Cl)c3)CN3CCCC3)C2)cc1. The van der Waals surface area contributed by atoms with Gasteiger partial charge in [0, 0.05) is 31.4 Å². The number of ether oxygens (including phenoxy) is 1. The molecule has 2 heterocycles. The van der Waals surface area contributed by atoms with Gasteiger partial charge in [-0.25, -0.2) is 0 Å². The van der Waals surface area contributed by atoms with E-state index >= 15 is 0 Å². The first kappa shape index (κ1) is 23.5. The molecule has 0 aromatic heterocycles. The standard InChI is InChI=1S/C28H36ClN3O2/c1-20-4-7-24(8-5-20)32-15-12-22(18-32)28(33)30-23(19-31-13-2-3-14-31)16-21-6-11-27(26(29)17-21)34-25-9-10-25/h4-8,11,17,22-23,25H,2-3,9-10,12-16,18-19H2,1H3,(H,30,33)/t22-,23?/m1/s1. The van der Waals surface area contributed by atoms with Gasteiger partial charge < -0.3 is 19.9 Å². The lowest BCUT2D eigenvalue weighted by molar-refractivity contribution is -0.125. The van der Waals surface area contributed by atoms with E-state index in [0.717, 1.165) is 69.7 Å². The summed E-state index contributed by atoms with van der Waals surface area (Å²) < 4.78 is 5.89. The maximum absolute atomic E-state index is 13.3. The van der Waals surface area contributed by atoms with E-state index in [1.165, 1.54) is 24.1 Å². The summed E-state index contributed by atoms with van der Waals surface area (Å²) in [5.74, 6) is 0.981. The van der Waals surface area contributed by atoms with Gasteiger partial charge in [0.2, 0.25) is 5.91 Å². The maximum atomic E-state index is 13.3. The van der Waals surface area contributed by atoms with Crippen molar-refractivity contribution in [2.75, 3.05) is 37.6 Å². The summed E-state index contributed by atoms with van der Waals surface area (Å²) in [6, 6.07) is 14.8. The number of benzene rings is 2. The van der Waals surface area contributed by atoms with Gasteiger partial charge in [0.05, 0.1) is 17.0 Å². The zero-order valence-corrected chi connectivity index (χ0v) is 20.9. The Balaban J connectivity index is 1.22. The minimum atomic E-state index is 0.0280. The van der Waals surface area contributed by atoms with Crippen molar-refractivity contribution in [2.45, 2.75) is 57.6 Å². The molecule has 34 heavy (non-hydrogen) atoms. The minimum absolute atomic E-state index is 0.0280. The molecule has 1 N–H and O–H groups in total. The summed E-state index contributed by atoms with van der Waals surface area (Å²) in [5, 5.41) is 4.08. The van der Waals surface area contributed by atoms with Crippen molar-refractivity contribution in [3.63, 3.8) is 0 Å². The van der Waals surface area contributed by atoms with E-state index in [1.807, 2.05) is 12.1 Å². The first-order chi connectivity index (χ1) is 16.5. The molecule has 2 atom stereocenters. The van der Waals surface area contributed by atoms with Crippen LogP contribution in [0.5, 0.6) is 5.75 Å². The fourth-order valence-corrected chi connectivity index (χ4v) is 5.39. The number of anilines is 1. The summed E-state index contributed by atoms with van der Waals surface area (Å²) in [4.78, 5) is 18.1. The second-order valence-corrected chi connectivity index (χ2v) is 10.7. The van der Waals surface area contributed by atoms with Gasteiger partial charge in [0.1, 0.15) is 5.75 Å². The molecular weight excluding hydrogens is 446 g/mol. The van der Waals surface area contributed by atoms with Gasteiger partial charge in [0.25, 0.3) is 0 Å². The first-order valence-corrected chi connectivity index (χ1v) is 13.2. The van der Waals surface area contributed by atoms with E-state index < -0.39 is 0 Å². The van der Waals surface area contributed by atoms with Gasteiger partial charge in [-0.2, -0.15) is 0 Å². The second-order valence-electron chi connectivity index (χ2n) is 10.3. The van der Waals surface area contributed by atoms with Gasteiger partial charge in [-0.1, -0.05) is 35.4 Å². The second kappa shape index (κ2) is 10.6. The zero-order valence-electron chi connectivity index (χ0n) is 20.1. The van der Waals surface area contributed by atoms with Crippen LogP contribution in [0.15, 0.2) is 42.5 Å². The number of nitrogens with zero attached hydrogens (tertiary/aromatic N) is 2. The third-order valence-electron chi connectivity index (χ3n) is 7.28. The Bertz CT molecular complexity index is 986. The molecule has 2 saturated heterocycles. The smallest absolute Gasteiger partial charge is 0.225 e. The number of rotatable bonds is 9. The highest BCUT2D eigenvalue weighted by Crippen LogP contribution is 2.33. The van der Waals surface area contributed by atoms with Crippen molar-refractivity contribution in [1.29, 1.82) is 0 Å². The van der Waals surface area contributed by atoms with Crippen LogP contribution >= 0.6 is 11.6 Å². The molecule has 1 saturated carbocycles. The number of hydrogen-bond donors (Lipinski definition) is 1. The van der Waals surface area contributed by atoms with Crippen LogP contribution in [0.2, 0.25) is 5.02 Å². The normalized spacial score (nSPS) is 21.6. The van der Waals surface area contributed by atoms with Crippen LogP contribution in [0.4, 0.5) is 5.69 Å². The Kier molecular flexibility index (Phi) is 7.31. The Labute approximate surface area is 208 Å². The molecule has 1 amide bonds. The number of amides is 1. The quantitative estimate of drug-likeness (QED) is 0.556. The van der Waals surface area contributed by atoms with Crippen molar-refractivity contribution in [1.82, 2.24) is 10.2 Å². The molecule has 3 aliphatic rings. The monoisotopic (exact) mass is 481 g/mol. The van der Waals surface area contributed by atoms with Crippen molar-refractivity contribution in [3.05, 3.63) is 58.6 Å². The molecule has 5 rings (SSSR count). The molecule has 3 fully saturated rings. The molecule has 0 radical (unpaired) electrons. The van der Waals surface area contributed by atoms with Crippen LogP contribution in [-0.4, -0.2) is 55.7 Å². The maximum Gasteiger partial charge on any atom is 0.225 e. The number of halogens is 1.